The van der Waals surface area contributed by atoms with E-state index < -0.39 is 0 Å². The Morgan fingerprint density at radius 1 is 1.10 bits per heavy atom. The van der Waals surface area contributed by atoms with Gasteiger partial charge in [-0.1, -0.05) is 43.2 Å². The Balaban J connectivity index is 1.59. The second kappa shape index (κ2) is 10.4. The summed E-state index contributed by atoms with van der Waals surface area (Å²) in [4.78, 5) is 15.2. The molecule has 1 saturated heterocycles. The fourth-order valence-electron chi connectivity index (χ4n) is 4.44. The summed E-state index contributed by atoms with van der Waals surface area (Å²) in [6.07, 6.45) is 9.40. The highest BCUT2D eigenvalue weighted by atomic mass is 32.2. The van der Waals surface area contributed by atoms with Crippen molar-refractivity contribution in [1.82, 2.24) is 20.1 Å². The third-order valence-electron chi connectivity index (χ3n) is 6.18. The molecule has 1 N–H and O–H groups in total. The lowest BCUT2D eigenvalue weighted by Gasteiger charge is -2.28. The van der Waals surface area contributed by atoms with Crippen LogP contribution in [0.15, 0.2) is 29.4 Å². The summed E-state index contributed by atoms with van der Waals surface area (Å²) in [5, 5.41) is 12.8. The minimum Gasteiger partial charge on any atom is -0.495 e. The van der Waals surface area contributed by atoms with Crippen molar-refractivity contribution < 1.29 is 9.53 Å². The SMILES string of the molecule is COc1ccccc1-n1c(SC(C)C(=O)NC2CCCCC2)nnc1N1CCCCC1. The van der Waals surface area contributed by atoms with Gasteiger partial charge in [-0.25, -0.2) is 0 Å². The first-order chi connectivity index (χ1) is 15.2. The summed E-state index contributed by atoms with van der Waals surface area (Å²) in [7, 11) is 1.68. The van der Waals surface area contributed by atoms with Crippen molar-refractivity contribution in [1.29, 1.82) is 0 Å². The summed E-state index contributed by atoms with van der Waals surface area (Å²) in [5.74, 6) is 1.67. The number of nitrogens with one attached hydrogen (secondary N) is 1. The maximum Gasteiger partial charge on any atom is 0.233 e. The van der Waals surface area contributed by atoms with Crippen molar-refractivity contribution >= 4 is 23.6 Å². The van der Waals surface area contributed by atoms with Gasteiger partial charge >= 0.3 is 0 Å². The van der Waals surface area contributed by atoms with Gasteiger partial charge in [0.1, 0.15) is 5.75 Å². The number of thioether (sulfide) groups is 1. The van der Waals surface area contributed by atoms with E-state index in [-0.39, 0.29) is 11.2 Å². The van der Waals surface area contributed by atoms with Crippen LogP contribution in [0.1, 0.15) is 58.3 Å². The molecular formula is C23H33N5O2S. The maximum absolute atomic E-state index is 12.9. The monoisotopic (exact) mass is 443 g/mol. The van der Waals surface area contributed by atoms with Gasteiger partial charge in [0.15, 0.2) is 5.16 Å². The molecule has 1 aromatic heterocycles. The molecule has 1 saturated carbocycles. The summed E-state index contributed by atoms with van der Waals surface area (Å²) in [6.45, 7) is 3.88. The minimum absolute atomic E-state index is 0.0750. The van der Waals surface area contributed by atoms with Gasteiger partial charge in [-0.2, -0.15) is 0 Å². The first-order valence-corrected chi connectivity index (χ1v) is 12.4. The molecule has 1 amide bonds. The molecule has 1 aliphatic carbocycles. The molecular weight excluding hydrogens is 410 g/mol. The number of hydrogen-bond donors (Lipinski definition) is 1. The quantitative estimate of drug-likeness (QED) is 0.647. The van der Waals surface area contributed by atoms with Gasteiger partial charge in [0.2, 0.25) is 11.9 Å². The van der Waals surface area contributed by atoms with E-state index in [4.69, 9.17) is 4.74 Å². The number of nitrogens with zero attached hydrogens (tertiary/aromatic N) is 4. The Kier molecular flexibility index (Phi) is 7.37. The Bertz CT molecular complexity index is 875. The molecule has 7 nitrogen and oxygen atoms in total. The van der Waals surface area contributed by atoms with Crippen molar-refractivity contribution in [2.75, 3.05) is 25.1 Å². The zero-order chi connectivity index (χ0) is 21.6. The lowest BCUT2D eigenvalue weighted by molar-refractivity contribution is -0.121. The fourth-order valence-corrected chi connectivity index (χ4v) is 5.30. The number of methoxy groups -OCH3 is 1. The topological polar surface area (TPSA) is 72.3 Å². The highest BCUT2D eigenvalue weighted by Gasteiger charge is 2.27. The van der Waals surface area contributed by atoms with Crippen molar-refractivity contribution in [3.05, 3.63) is 24.3 Å². The Morgan fingerprint density at radius 3 is 2.55 bits per heavy atom. The van der Waals surface area contributed by atoms with E-state index in [1.807, 2.05) is 31.2 Å². The average Bonchev–Trinajstić information content (AvgIpc) is 3.23. The van der Waals surface area contributed by atoms with Crippen LogP contribution in [-0.2, 0) is 4.79 Å². The third kappa shape index (κ3) is 5.17. The molecule has 2 aromatic rings. The normalized spacial score (nSPS) is 18.6. The number of hydrogen-bond acceptors (Lipinski definition) is 6. The van der Waals surface area contributed by atoms with Gasteiger partial charge in [-0.15, -0.1) is 10.2 Å². The van der Waals surface area contributed by atoms with Crippen LogP contribution in [0.2, 0.25) is 0 Å². The molecule has 1 unspecified atom stereocenters. The van der Waals surface area contributed by atoms with E-state index in [2.05, 4.69) is 25.0 Å². The molecule has 1 aliphatic heterocycles. The molecule has 0 spiro atoms. The number of carbonyl (C=O) groups is 1. The van der Waals surface area contributed by atoms with Crippen LogP contribution >= 0.6 is 11.8 Å². The molecule has 2 aliphatic rings. The molecule has 2 fully saturated rings. The van der Waals surface area contributed by atoms with Gasteiger partial charge in [-0.3, -0.25) is 9.36 Å². The highest BCUT2D eigenvalue weighted by Crippen LogP contribution is 2.34. The van der Waals surface area contributed by atoms with E-state index in [1.165, 1.54) is 37.4 Å². The smallest absolute Gasteiger partial charge is 0.233 e. The van der Waals surface area contributed by atoms with Crippen LogP contribution in [0.4, 0.5) is 5.95 Å². The number of piperidine rings is 1. The number of carbonyl (C=O) groups excluding carboxylic acids is 1. The first-order valence-electron chi connectivity index (χ1n) is 11.5. The van der Waals surface area contributed by atoms with Gasteiger partial charge in [0, 0.05) is 19.1 Å². The summed E-state index contributed by atoms with van der Waals surface area (Å²) < 4.78 is 7.69. The lowest BCUT2D eigenvalue weighted by Crippen LogP contribution is -2.40. The highest BCUT2D eigenvalue weighted by molar-refractivity contribution is 8.00. The first kappa shape index (κ1) is 22.0. The van der Waals surface area contributed by atoms with Crippen molar-refractivity contribution in [2.45, 2.75) is 74.7 Å². The van der Waals surface area contributed by atoms with Crippen LogP contribution in [-0.4, -0.2) is 52.2 Å². The zero-order valence-corrected chi connectivity index (χ0v) is 19.4. The Hall–Kier alpha value is -2.22. The summed E-state index contributed by atoms with van der Waals surface area (Å²) in [6, 6.07) is 8.22. The molecule has 2 heterocycles. The molecule has 168 valence electrons. The largest absolute Gasteiger partial charge is 0.495 e. The van der Waals surface area contributed by atoms with E-state index in [0.717, 1.165) is 61.3 Å². The molecule has 0 bridgehead atoms. The average molecular weight is 444 g/mol. The number of anilines is 1. The molecule has 0 radical (unpaired) electrons. The lowest BCUT2D eigenvalue weighted by atomic mass is 9.95. The maximum atomic E-state index is 12.9. The van der Waals surface area contributed by atoms with Crippen LogP contribution in [0, 0.1) is 0 Å². The van der Waals surface area contributed by atoms with Crippen molar-refractivity contribution in [3.8, 4) is 11.4 Å². The van der Waals surface area contributed by atoms with E-state index >= 15 is 0 Å². The predicted octanol–water partition coefficient (Wildman–Crippen LogP) is 4.20. The predicted molar refractivity (Wildman–Crippen MR) is 124 cm³/mol. The van der Waals surface area contributed by atoms with E-state index in [0.29, 0.717) is 6.04 Å². The van der Waals surface area contributed by atoms with E-state index in [9.17, 15) is 4.79 Å². The zero-order valence-electron chi connectivity index (χ0n) is 18.5. The number of amides is 1. The molecule has 4 rings (SSSR count). The third-order valence-corrected chi connectivity index (χ3v) is 7.23. The van der Waals surface area contributed by atoms with Gasteiger partial charge < -0.3 is 15.0 Å². The molecule has 31 heavy (non-hydrogen) atoms. The number of benzene rings is 1. The standard InChI is InChI=1S/C23H33N5O2S/c1-17(21(29)24-18-11-5-3-6-12-18)31-23-26-25-22(27-15-9-4-10-16-27)28(23)19-13-7-8-14-20(19)30-2/h7-8,13-14,17-18H,3-6,9-12,15-16H2,1-2H3,(H,24,29). The van der Waals surface area contributed by atoms with Crippen LogP contribution in [0.3, 0.4) is 0 Å². The number of aromatic nitrogens is 3. The van der Waals surface area contributed by atoms with Crippen LogP contribution < -0.4 is 15.0 Å². The van der Waals surface area contributed by atoms with Gasteiger partial charge in [0.05, 0.1) is 18.0 Å². The van der Waals surface area contributed by atoms with Crippen LogP contribution in [0.25, 0.3) is 5.69 Å². The second-order valence-corrected chi connectivity index (χ2v) is 9.75. The van der Waals surface area contributed by atoms with Crippen LogP contribution in [0.5, 0.6) is 5.75 Å². The summed E-state index contributed by atoms with van der Waals surface area (Å²) >= 11 is 1.46. The van der Waals surface area contributed by atoms with Crippen molar-refractivity contribution in [3.63, 3.8) is 0 Å². The molecule has 8 heteroatoms. The number of para-hydroxylation sites is 2. The summed E-state index contributed by atoms with van der Waals surface area (Å²) in [5.41, 5.74) is 0.901. The molecule has 1 atom stereocenters. The van der Waals surface area contributed by atoms with E-state index in [1.54, 1.807) is 7.11 Å². The molecule has 1 aromatic carbocycles. The number of ether oxygens (including phenoxy) is 1. The van der Waals surface area contributed by atoms with Gasteiger partial charge in [-0.05, 0) is 51.2 Å². The van der Waals surface area contributed by atoms with Crippen molar-refractivity contribution in [2.24, 2.45) is 0 Å². The minimum atomic E-state index is -0.256. The Labute approximate surface area is 188 Å². The van der Waals surface area contributed by atoms with Gasteiger partial charge in [0.25, 0.3) is 0 Å². The Morgan fingerprint density at radius 2 is 1.81 bits per heavy atom. The fraction of sp³-hybridized carbons (Fsp3) is 0.609. The second-order valence-electron chi connectivity index (χ2n) is 8.44. The number of rotatable bonds is 7.